The number of para-hydroxylation sites is 1. The van der Waals surface area contributed by atoms with Crippen LogP contribution in [0.1, 0.15) is 15.9 Å². The fourth-order valence-corrected chi connectivity index (χ4v) is 3.79. The van der Waals surface area contributed by atoms with E-state index in [9.17, 15) is 14.7 Å². The summed E-state index contributed by atoms with van der Waals surface area (Å²) in [4.78, 5) is 27.2. The molecule has 4 aromatic rings. The zero-order valence-electron chi connectivity index (χ0n) is 18.3. The van der Waals surface area contributed by atoms with Gasteiger partial charge in [-0.2, -0.15) is 0 Å². The maximum Gasteiger partial charge on any atom is 0.338 e. The first-order valence-corrected chi connectivity index (χ1v) is 10.4. The third kappa shape index (κ3) is 4.58. The van der Waals surface area contributed by atoms with Gasteiger partial charge in [0.1, 0.15) is 17.1 Å². The van der Waals surface area contributed by atoms with E-state index in [1.165, 1.54) is 13.2 Å². The molecule has 0 aliphatic rings. The van der Waals surface area contributed by atoms with Crippen LogP contribution in [0.15, 0.2) is 82.0 Å². The Labute approximate surface area is 190 Å². The normalized spacial score (nSPS) is 11.8. The van der Waals surface area contributed by atoms with Crippen LogP contribution in [-0.2, 0) is 6.42 Å². The maximum absolute atomic E-state index is 13.2. The van der Waals surface area contributed by atoms with Crippen molar-refractivity contribution < 1.29 is 19.1 Å². The Morgan fingerprint density at radius 2 is 1.82 bits per heavy atom. The van der Waals surface area contributed by atoms with E-state index < -0.39 is 11.7 Å². The second-order valence-electron chi connectivity index (χ2n) is 7.73. The van der Waals surface area contributed by atoms with Gasteiger partial charge in [-0.15, -0.1) is 0 Å². The number of nitrogens with two attached hydrogens (primary N) is 1. The number of phenols is 1. The maximum atomic E-state index is 13.2. The zero-order chi connectivity index (χ0) is 23.5. The Morgan fingerprint density at radius 1 is 1.09 bits per heavy atom. The van der Waals surface area contributed by atoms with Crippen LogP contribution in [0.25, 0.3) is 11.0 Å². The predicted molar refractivity (Wildman–Crippen MR) is 128 cm³/mol. The number of carbonyl (C=O) groups is 1. The van der Waals surface area contributed by atoms with E-state index in [-0.39, 0.29) is 11.5 Å². The number of rotatable bonds is 7. The van der Waals surface area contributed by atoms with Crippen LogP contribution in [0.3, 0.4) is 0 Å². The number of anilines is 2. The Hall–Kier alpha value is -4.10. The summed E-state index contributed by atoms with van der Waals surface area (Å²) in [6, 6.07) is 19.7. The number of carbonyl (C=O) groups excluding carboxylic acids is 1. The monoisotopic (exact) mass is 444 g/mol. The summed E-state index contributed by atoms with van der Waals surface area (Å²) in [6.07, 6.45) is 0.312. The van der Waals surface area contributed by atoms with Crippen LogP contribution < -0.4 is 21.0 Å². The second-order valence-corrected chi connectivity index (χ2v) is 7.73. The third-order valence-electron chi connectivity index (χ3n) is 5.55. The largest absolute Gasteiger partial charge is 0.508 e. The average molecular weight is 444 g/mol. The van der Waals surface area contributed by atoms with Gasteiger partial charge in [0.25, 0.3) is 0 Å². The first-order chi connectivity index (χ1) is 15.9. The number of hydrogen-bond donors (Lipinski definition) is 2. The molecule has 0 aliphatic carbocycles. The number of hydrogen-bond acceptors (Lipinski definition) is 7. The fourth-order valence-electron chi connectivity index (χ4n) is 3.79. The van der Waals surface area contributed by atoms with Gasteiger partial charge >= 0.3 is 5.63 Å². The SMILES string of the molecule is COc1ccc(N(C)c2cc(=O)oc3ccccc23)cc1C(=O)[C@H](N)Cc1ccc(O)cc1. The van der Waals surface area contributed by atoms with E-state index in [1.807, 2.05) is 30.1 Å². The highest BCUT2D eigenvalue weighted by Crippen LogP contribution is 2.33. The molecule has 0 unspecified atom stereocenters. The predicted octanol–water partition coefficient (Wildman–Crippen LogP) is 4.03. The van der Waals surface area contributed by atoms with E-state index in [0.717, 1.165) is 10.9 Å². The lowest BCUT2D eigenvalue weighted by atomic mass is 9.97. The van der Waals surface area contributed by atoms with Gasteiger partial charge in [0, 0.05) is 24.2 Å². The number of methoxy groups -OCH3 is 1. The summed E-state index contributed by atoms with van der Waals surface area (Å²) in [5.74, 6) is 0.293. The molecule has 0 aliphatic heterocycles. The Morgan fingerprint density at radius 3 is 2.55 bits per heavy atom. The van der Waals surface area contributed by atoms with Crippen molar-refractivity contribution in [2.24, 2.45) is 5.73 Å². The van der Waals surface area contributed by atoms with Crippen molar-refractivity contribution in [1.29, 1.82) is 0 Å². The molecule has 4 rings (SSSR count). The molecule has 0 saturated heterocycles. The van der Waals surface area contributed by atoms with Crippen molar-refractivity contribution in [3.63, 3.8) is 0 Å². The highest BCUT2D eigenvalue weighted by Gasteiger charge is 2.22. The molecule has 1 heterocycles. The standard InChI is InChI=1S/C26H24N2O5/c1-28(22-15-25(30)33-24-6-4-3-5-19(22)24)17-9-12-23(32-2)20(14-17)26(31)21(27)13-16-7-10-18(29)11-8-16/h3-12,14-15,21,29H,13,27H2,1-2H3/t21-/m1/s1. The van der Waals surface area contributed by atoms with Gasteiger partial charge in [0.15, 0.2) is 5.78 Å². The van der Waals surface area contributed by atoms with Gasteiger partial charge in [-0.1, -0.05) is 24.3 Å². The third-order valence-corrected chi connectivity index (χ3v) is 5.55. The highest BCUT2D eigenvalue weighted by molar-refractivity contribution is 6.03. The molecule has 0 saturated carbocycles. The summed E-state index contributed by atoms with van der Waals surface area (Å²) < 4.78 is 10.7. The highest BCUT2D eigenvalue weighted by atomic mass is 16.5. The molecule has 3 N–H and O–H groups in total. The van der Waals surface area contributed by atoms with Crippen molar-refractivity contribution in [3.8, 4) is 11.5 Å². The van der Waals surface area contributed by atoms with Crippen LogP contribution >= 0.6 is 0 Å². The average Bonchev–Trinajstić information content (AvgIpc) is 2.83. The van der Waals surface area contributed by atoms with Gasteiger partial charge in [-0.3, -0.25) is 4.79 Å². The van der Waals surface area contributed by atoms with Gasteiger partial charge < -0.3 is 24.9 Å². The molecule has 1 aromatic heterocycles. The van der Waals surface area contributed by atoms with Crippen LogP contribution in [0, 0.1) is 0 Å². The minimum absolute atomic E-state index is 0.151. The number of aromatic hydroxyl groups is 1. The van der Waals surface area contributed by atoms with Crippen LogP contribution in [-0.4, -0.2) is 31.1 Å². The molecule has 0 radical (unpaired) electrons. The first-order valence-electron chi connectivity index (χ1n) is 10.4. The van der Waals surface area contributed by atoms with Crippen molar-refractivity contribution >= 4 is 28.1 Å². The minimum Gasteiger partial charge on any atom is -0.508 e. The molecular weight excluding hydrogens is 420 g/mol. The molecule has 7 heteroatoms. The summed E-state index contributed by atoms with van der Waals surface area (Å²) in [6.45, 7) is 0. The Balaban J connectivity index is 1.69. The molecule has 0 bridgehead atoms. The molecule has 0 amide bonds. The fraction of sp³-hybridized carbons (Fsp3) is 0.154. The zero-order valence-corrected chi connectivity index (χ0v) is 18.3. The van der Waals surface area contributed by atoms with Gasteiger partial charge in [-0.05, 0) is 54.4 Å². The number of fused-ring (bicyclic) bond motifs is 1. The van der Waals surface area contributed by atoms with Crippen molar-refractivity contribution in [2.75, 3.05) is 19.1 Å². The number of Topliss-reactive ketones (excluding diaryl/α,β-unsaturated/α-hetero) is 1. The number of benzene rings is 3. The molecule has 7 nitrogen and oxygen atoms in total. The lowest BCUT2D eigenvalue weighted by molar-refractivity contribution is 0.0958. The van der Waals surface area contributed by atoms with E-state index in [0.29, 0.717) is 34.7 Å². The molecule has 0 spiro atoms. The van der Waals surface area contributed by atoms with E-state index in [1.54, 1.807) is 48.5 Å². The van der Waals surface area contributed by atoms with E-state index >= 15 is 0 Å². The quantitative estimate of drug-likeness (QED) is 0.327. The molecule has 168 valence electrons. The van der Waals surface area contributed by atoms with E-state index in [4.69, 9.17) is 14.9 Å². The first kappa shape index (κ1) is 22.1. The Bertz CT molecular complexity index is 1360. The molecule has 33 heavy (non-hydrogen) atoms. The number of ketones is 1. The smallest absolute Gasteiger partial charge is 0.338 e. The summed E-state index contributed by atoms with van der Waals surface area (Å²) >= 11 is 0. The topological polar surface area (TPSA) is 106 Å². The second kappa shape index (κ2) is 9.18. The lowest BCUT2D eigenvalue weighted by Crippen LogP contribution is -2.33. The van der Waals surface area contributed by atoms with Crippen LogP contribution in [0.4, 0.5) is 11.4 Å². The number of ether oxygens (including phenoxy) is 1. The summed E-state index contributed by atoms with van der Waals surface area (Å²) in [7, 11) is 3.31. The van der Waals surface area contributed by atoms with Crippen molar-refractivity contribution in [2.45, 2.75) is 12.5 Å². The number of phenolic OH excluding ortho intramolecular Hbond substituents is 1. The van der Waals surface area contributed by atoms with Crippen LogP contribution in [0.2, 0.25) is 0 Å². The van der Waals surface area contributed by atoms with E-state index in [2.05, 4.69) is 0 Å². The van der Waals surface area contributed by atoms with Gasteiger partial charge in [0.05, 0.1) is 24.4 Å². The summed E-state index contributed by atoms with van der Waals surface area (Å²) in [5, 5.41) is 10.2. The molecule has 1 atom stereocenters. The minimum atomic E-state index is -0.798. The van der Waals surface area contributed by atoms with Gasteiger partial charge in [0.2, 0.25) is 0 Å². The van der Waals surface area contributed by atoms with Crippen LogP contribution in [0.5, 0.6) is 11.5 Å². The molecular formula is C26H24N2O5. The van der Waals surface area contributed by atoms with Crippen molar-refractivity contribution in [3.05, 3.63) is 94.3 Å². The lowest BCUT2D eigenvalue weighted by Gasteiger charge is -2.22. The summed E-state index contributed by atoms with van der Waals surface area (Å²) in [5.41, 5.74) is 8.78. The molecule has 3 aromatic carbocycles. The van der Waals surface area contributed by atoms with Crippen molar-refractivity contribution in [1.82, 2.24) is 0 Å². The number of nitrogens with zero attached hydrogens (tertiary/aromatic N) is 1. The van der Waals surface area contributed by atoms with Gasteiger partial charge in [-0.25, -0.2) is 4.79 Å². The Kier molecular flexibility index (Phi) is 6.15. The molecule has 0 fully saturated rings.